The van der Waals surface area contributed by atoms with Gasteiger partial charge in [-0.05, 0) is 37.3 Å². The van der Waals surface area contributed by atoms with E-state index >= 15 is 0 Å². The Hall–Kier alpha value is -1.35. The van der Waals surface area contributed by atoms with Crippen LogP contribution in [0.3, 0.4) is 0 Å². The van der Waals surface area contributed by atoms with Crippen LogP contribution in [0.15, 0.2) is 24.3 Å². The third kappa shape index (κ3) is 5.03. The van der Waals surface area contributed by atoms with Crippen LogP contribution >= 0.6 is 0 Å². The van der Waals surface area contributed by atoms with Crippen LogP contribution in [0.4, 0.5) is 0 Å². The summed E-state index contributed by atoms with van der Waals surface area (Å²) in [7, 11) is 0. The van der Waals surface area contributed by atoms with Crippen molar-refractivity contribution in [2.24, 2.45) is 11.7 Å². The zero-order chi connectivity index (χ0) is 14.4. The number of carbonyl (C=O) groups is 1. The first-order valence-corrected chi connectivity index (χ1v) is 7.03. The lowest BCUT2D eigenvalue weighted by Gasteiger charge is -2.17. The van der Waals surface area contributed by atoms with E-state index in [1.54, 1.807) is 0 Å². The minimum absolute atomic E-state index is 0.0467. The SMILES string of the molecule is CC(C)NC(=O)C(CN)Cc1ccc(C(C)C)cc1. The van der Waals surface area contributed by atoms with Crippen LogP contribution < -0.4 is 11.1 Å². The van der Waals surface area contributed by atoms with Gasteiger partial charge in [0.15, 0.2) is 0 Å². The van der Waals surface area contributed by atoms with Crippen LogP contribution in [-0.2, 0) is 11.2 Å². The molecule has 0 aromatic heterocycles. The molecule has 0 aliphatic carbocycles. The van der Waals surface area contributed by atoms with E-state index in [0.29, 0.717) is 18.9 Å². The second-order valence-electron chi connectivity index (χ2n) is 5.70. The van der Waals surface area contributed by atoms with Gasteiger partial charge in [0.25, 0.3) is 0 Å². The molecule has 0 saturated carbocycles. The van der Waals surface area contributed by atoms with E-state index in [4.69, 9.17) is 5.73 Å². The Balaban J connectivity index is 2.67. The Kier molecular flexibility index (Phi) is 6.03. The van der Waals surface area contributed by atoms with Gasteiger partial charge in [-0.3, -0.25) is 4.79 Å². The Bertz CT molecular complexity index is 396. The zero-order valence-electron chi connectivity index (χ0n) is 12.4. The summed E-state index contributed by atoms with van der Waals surface area (Å²) in [6, 6.07) is 8.62. The summed E-state index contributed by atoms with van der Waals surface area (Å²) in [6.45, 7) is 8.65. The maximum absolute atomic E-state index is 12.0. The summed E-state index contributed by atoms with van der Waals surface area (Å²) in [5.41, 5.74) is 8.20. The van der Waals surface area contributed by atoms with Crippen LogP contribution in [-0.4, -0.2) is 18.5 Å². The average Bonchev–Trinajstić information content (AvgIpc) is 2.35. The van der Waals surface area contributed by atoms with E-state index in [-0.39, 0.29) is 17.9 Å². The molecule has 0 heterocycles. The fraction of sp³-hybridized carbons (Fsp3) is 0.562. The standard InChI is InChI=1S/C16H26N2O/c1-11(2)14-7-5-13(6-8-14)9-15(10-17)16(19)18-12(3)4/h5-8,11-12,15H,9-10,17H2,1-4H3,(H,18,19). The van der Waals surface area contributed by atoms with E-state index in [9.17, 15) is 4.79 Å². The molecular weight excluding hydrogens is 236 g/mol. The van der Waals surface area contributed by atoms with Gasteiger partial charge < -0.3 is 11.1 Å². The number of hydrogen-bond donors (Lipinski definition) is 2. The number of rotatable bonds is 6. The van der Waals surface area contributed by atoms with Gasteiger partial charge >= 0.3 is 0 Å². The van der Waals surface area contributed by atoms with E-state index < -0.39 is 0 Å². The Morgan fingerprint density at radius 3 is 2.16 bits per heavy atom. The molecule has 0 aliphatic heterocycles. The highest BCUT2D eigenvalue weighted by Crippen LogP contribution is 2.16. The van der Waals surface area contributed by atoms with Crippen LogP contribution in [0.1, 0.15) is 44.7 Å². The van der Waals surface area contributed by atoms with Crippen LogP contribution in [0.5, 0.6) is 0 Å². The van der Waals surface area contributed by atoms with Crippen LogP contribution in [0.2, 0.25) is 0 Å². The second-order valence-corrected chi connectivity index (χ2v) is 5.70. The highest BCUT2D eigenvalue weighted by molar-refractivity contribution is 5.79. The lowest BCUT2D eigenvalue weighted by Crippen LogP contribution is -2.39. The summed E-state index contributed by atoms with van der Waals surface area (Å²) in [5, 5.41) is 2.92. The second kappa shape index (κ2) is 7.29. The highest BCUT2D eigenvalue weighted by atomic mass is 16.1. The summed E-state index contributed by atoms with van der Waals surface area (Å²) < 4.78 is 0. The highest BCUT2D eigenvalue weighted by Gasteiger charge is 2.17. The smallest absolute Gasteiger partial charge is 0.224 e. The molecule has 1 atom stereocenters. The first-order valence-electron chi connectivity index (χ1n) is 7.03. The largest absolute Gasteiger partial charge is 0.354 e. The van der Waals surface area contributed by atoms with Crippen molar-refractivity contribution in [1.29, 1.82) is 0 Å². The first-order chi connectivity index (χ1) is 8.93. The summed E-state index contributed by atoms with van der Waals surface area (Å²) >= 11 is 0. The molecule has 1 rings (SSSR count). The van der Waals surface area contributed by atoms with Crippen molar-refractivity contribution >= 4 is 5.91 Å². The number of hydrogen-bond acceptors (Lipinski definition) is 2. The van der Waals surface area contributed by atoms with Crippen molar-refractivity contribution in [2.45, 2.75) is 46.1 Å². The zero-order valence-corrected chi connectivity index (χ0v) is 12.4. The maximum atomic E-state index is 12.0. The molecule has 1 aromatic carbocycles. The van der Waals surface area contributed by atoms with Gasteiger partial charge in [-0.25, -0.2) is 0 Å². The molecule has 0 saturated heterocycles. The molecule has 106 valence electrons. The van der Waals surface area contributed by atoms with Crippen LogP contribution in [0.25, 0.3) is 0 Å². The van der Waals surface area contributed by atoms with Gasteiger partial charge in [-0.15, -0.1) is 0 Å². The predicted octanol–water partition coefficient (Wildman–Crippen LogP) is 2.45. The average molecular weight is 262 g/mol. The lowest BCUT2D eigenvalue weighted by molar-refractivity contribution is -0.125. The predicted molar refractivity (Wildman–Crippen MR) is 80.1 cm³/mol. The molecule has 0 aliphatic rings. The lowest BCUT2D eigenvalue weighted by atomic mass is 9.95. The molecule has 1 amide bonds. The van der Waals surface area contributed by atoms with Gasteiger partial charge in [0, 0.05) is 12.6 Å². The normalized spacial score (nSPS) is 12.8. The quantitative estimate of drug-likeness (QED) is 0.827. The Morgan fingerprint density at radius 2 is 1.74 bits per heavy atom. The molecule has 1 unspecified atom stereocenters. The van der Waals surface area contributed by atoms with E-state index in [0.717, 1.165) is 0 Å². The summed E-state index contributed by atoms with van der Waals surface area (Å²) in [5.74, 6) is 0.432. The molecule has 0 bridgehead atoms. The third-order valence-electron chi connectivity index (χ3n) is 3.21. The van der Waals surface area contributed by atoms with Gasteiger partial charge in [-0.1, -0.05) is 38.1 Å². The van der Waals surface area contributed by atoms with Crippen LogP contribution in [0, 0.1) is 5.92 Å². The van der Waals surface area contributed by atoms with Gasteiger partial charge in [0.2, 0.25) is 5.91 Å². The molecule has 19 heavy (non-hydrogen) atoms. The molecular formula is C16H26N2O. The van der Waals surface area contributed by atoms with Gasteiger partial charge in [-0.2, -0.15) is 0 Å². The van der Waals surface area contributed by atoms with Crippen molar-refractivity contribution in [3.8, 4) is 0 Å². The van der Waals surface area contributed by atoms with Gasteiger partial charge in [0.1, 0.15) is 0 Å². The molecule has 3 N–H and O–H groups in total. The summed E-state index contributed by atoms with van der Waals surface area (Å²) in [6.07, 6.45) is 0.702. The van der Waals surface area contributed by atoms with Crippen molar-refractivity contribution in [2.75, 3.05) is 6.54 Å². The number of benzene rings is 1. The number of carbonyl (C=O) groups excluding carboxylic acids is 1. The molecule has 1 aromatic rings. The maximum Gasteiger partial charge on any atom is 0.224 e. The molecule has 3 heteroatoms. The summed E-state index contributed by atoms with van der Waals surface area (Å²) in [4.78, 5) is 12.0. The monoisotopic (exact) mass is 262 g/mol. The molecule has 3 nitrogen and oxygen atoms in total. The van der Waals surface area contributed by atoms with E-state index in [2.05, 4.69) is 43.4 Å². The number of nitrogens with two attached hydrogens (primary N) is 1. The van der Waals surface area contributed by atoms with E-state index in [1.165, 1.54) is 11.1 Å². The fourth-order valence-electron chi connectivity index (χ4n) is 2.01. The van der Waals surface area contributed by atoms with Crippen molar-refractivity contribution < 1.29 is 4.79 Å². The topological polar surface area (TPSA) is 55.1 Å². The molecule has 0 spiro atoms. The Labute approximate surface area is 116 Å². The first kappa shape index (κ1) is 15.7. The molecule has 0 fully saturated rings. The minimum Gasteiger partial charge on any atom is -0.354 e. The van der Waals surface area contributed by atoms with E-state index in [1.807, 2.05) is 13.8 Å². The third-order valence-corrected chi connectivity index (χ3v) is 3.21. The number of nitrogens with one attached hydrogen (secondary N) is 1. The van der Waals surface area contributed by atoms with Crippen molar-refractivity contribution in [1.82, 2.24) is 5.32 Å². The molecule has 0 radical (unpaired) electrons. The van der Waals surface area contributed by atoms with Gasteiger partial charge in [0.05, 0.1) is 5.92 Å². The number of amides is 1. The fourth-order valence-corrected chi connectivity index (χ4v) is 2.01. The van der Waals surface area contributed by atoms with Crippen molar-refractivity contribution in [3.05, 3.63) is 35.4 Å². The Morgan fingerprint density at radius 1 is 1.16 bits per heavy atom. The van der Waals surface area contributed by atoms with Crippen molar-refractivity contribution in [3.63, 3.8) is 0 Å². The minimum atomic E-state index is -0.146.